The summed E-state index contributed by atoms with van der Waals surface area (Å²) in [7, 11) is 0. The topological polar surface area (TPSA) is 0 Å². The lowest BCUT2D eigenvalue weighted by molar-refractivity contribution is -0.274. The van der Waals surface area contributed by atoms with Gasteiger partial charge >= 0.3 is 0 Å². The molecule has 0 aliphatic heterocycles. The van der Waals surface area contributed by atoms with E-state index in [1.54, 1.807) is 0 Å². The summed E-state index contributed by atoms with van der Waals surface area (Å²) < 4.78 is 0. The number of rotatable bonds is 2. The zero-order valence-corrected chi connectivity index (χ0v) is 24.8. The van der Waals surface area contributed by atoms with Gasteiger partial charge < -0.3 is 0 Å². The van der Waals surface area contributed by atoms with Gasteiger partial charge in [-0.15, -0.1) is 0 Å². The van der Waals surface area contributed by atoms with E-state index in [4.69, 9.17) is 0 Å². The van der Waals surface area contributed by atoms with Gasteiger partial charge in [0.05, 0.1) is 0 Å². The van der Waals surface area contributed by atoms with E-state index in [-0.39, 0.29) is 0 Å². The first kappa shape index (κ1) is 26.1. The van der Waals surface area contributed by atoms with Crippen LogP contribution in [-0.2, 0) is 0 Å². The molecule has 192 valence electrons. The third-order valence-corrected chi connectivity index (χ3v) is 14.0. The van der Waals surface area contributed by atoms with Gasteiger partial charge in [-0.3, -0.25) is 0 Å². The van der Waals surface area contributed by atoms with Crippen LogP contribution >= 0.6 is 0 Å². The Bertz CT molecular complexity index is 720. The minimum absolute atomic E-state index is 0.429. The molecular weight excluding hydrogens is 396 g/mol. The van der Waals surface area contributed by atoms with Crippen LogP contribution in [0.25, 0.3) is 0 Å². The summed E-state index contributed by atoms with van der Waals surface area (Å²) in [6, 6.07) is 0. The Kier molecular flexibility index (Phi) is 6.53. The zero-order chi connectivity index (χ0) is 24.8. The van der Waals surface area contributed by atoms with E-state index in [0.29, 0.717) is 16.2 Å². The van der Waals surface area contributed by atoms with Gasteiger partial charge in [-0.1, -0.05) is 103 Å². The normalized spacial score (nSPS) is 59.2. The van der Waals surface area contributed by atoms with E-state index in [2.05, 4.69) is 90.0 Å². The van der Waals surface area contributed by atoms with Crippen LogP contribution in [0.3, 0.4) is 0 Å². The van der Waals surface area contributed by atoms with Crippen molar-refractivity contribution in [1.82, 2.24) is 0 Å². The molecule has 4 rings (SSSR count). The summed E-state index contributed by atoms with van der Waals surface area (Å²) in [4.78, 5) is 0. The molecule has 0 N–H and O–H groups in total. The lowest BCUT2D eigenvalue weighted by Gasteiger charge is -2.75. The molecule has 0 amide bonds. The quantitative estimate of drug-likeness (QED) is 0.388. The molecule has 0 heterocycles. The number of hydrogen-bond donors (Lipinski definition) is 0. The van der Waals surface area contributed by atoms with E-state index in [1.807, 2.05) is 0 Å². The summed E-state index contributed by atoms with van der Waals surface area (Å²) in [5.74, 6) is 11.2. The minimum atomic E-state index is 0.429. The van der Waals surface area contributed by atoms with Crippen LogP contribution in [0.2, 0.25) is 0 Å². The lowest BCUT2D eigenvalue weighted by atomic mass is 9.29. The summed E-state index contributed by atoms with van der Waals surface area (Å²) in [6.45, 7) is 34.6. The first-order valence-electron chi connectivity index (χ1n) is 15.1. The molecule has 0 nitrogen and oxygen atoms in total. The molecule has 0 bridgehead atoms. The second kappa shape index (κ2) is 8.26. The van der Waals surface area contributed by atoms with Crippen molar-refractivity contribution in [3.05, 3.63) is 0 Å². The lowest BCUT2D eigenvalue weighted by Crippen LogP contribution is -2.70. The highest BCUT2D eigenvalue weighted by Gasteiger charge is 2.71. The Labute approximate surface area is 208 Å². The van der Waals surface area contributed by atoms with Crippen molar-refractivity contribution in [2.75, 3.05) is 0 Å². The standard InChI is InChI=1S/C33H60/c1-18(2)27-22(7)29(19(3)4)32(12)17-31(11)16-26-20(5)14-15-21(6)28(26)23(8)30(31)25(10)33(32,13)24(27)9/h18-30H,14-17H2,1-13H3. The van der Waals surface area contributed by atoms with Crippen LogP contribution < -0.4 is 0 Å². The predicted molar refractivity (Wildman–Crippen MR) is 145 cm³/mol. The average molecular weight is 457 g/mol. The van der Waals surface area contributed by atoms with Crippen LogP contribution in [0.5, 0.6) is 0 Å². The maximum Gasteiger partial charge on any atom is -0.0212 e. The smallest absolute Gasteiger partial charge is 0.0212 e. The fourth-order valence-corrected chi connectivity index (χ4v) is 13.3. The minimum Gasteiger partial charge on any atom is -0.0625 e. The molecule has 0 radical (unpaired) electrons. The van der Waals surface area contributed by atoms with Gasteiger partial charge in [-0.05, 0) is 106 Å². The zero-order valence-electron chi connectivity index (χ0n) is 24.8. The monoisotopic (exact) mass is 456 g/mol. The summed E-state index contributed by atoms with van der Waals surface area (Å²) in [6.07, 6.45) is 5.93. The summed E-state index contributed by atoms with van der Waals surface area (Å²) >= 11 is 0. The van der Waals surface area contributed by atoms with Crippen molar-refractivity contribution in [2.24, 2.45) is 93.2 Å². The van der Waals surface area contributed by atoms with Crippen molar-refractivity contribution in [1.29, 1.82) is 0 Å². The van der Waals surface area contributed by atoms with Crippen LogP contribution in [0.1, 0.15) is 116 Å². The predicted octanol–water partition coefficient (Wildman–Crippen LogP) is 9.83. The van der Waals surface area contributed by atoms with E-state index in [0.717, 1.165) is 76.9 Å². The molecule has 0 aromatic rings. The molecule has 0 aromatic carbocycles. The molecular formula is C33H60. The first-order chi connectivity index (χ1) is 15.1. The Balaban J connectivity index is 1.86. The van der Waals surface area contributed by atoms with E-state index in [9.17, 15) is 0 Å². The highest BCUT2D eigenvalue weighted by molar-refractivity contribution is 5.19. The molecule has 0 saturated heterocycles. The van der Waals surface area contributed by atoms with Gasteiger partial charge in [-0.25, -0.2) is 0 Å². The highest BCUT2D eigenvalue weighted by Crippen LogP contribution is 2.77. The maximum absolute atomic E-state index is 2.80. The van der Waals surface area contributed by atoms with Crippen molar-refractivity contribution in [3.8, 4) is 0 Å². The van der Waals surface area contributed by atoms with E-state index < -0.39 is 0 Å². The fourth-order valence-electron chi connectivity index (χ4n) is 13.3. The molecule has 0 aromatic heterocycles. The molecule has 0 spiro atoms. The van der Waals surface area contributed by atoms with Crippen molar-refractivity contribution in [2.45, 2.75) is 116 Å². The van der Waals surface area contributed by atoms with Crippen molar-refractivity contribution in [3.63, 3.8) is 0 Å². The van der Waals surface area contributed by atoms with Gasteiger partial charge in [0.25, 0.3) is 0 Å². The SMILES string of the molecule is CC(C)C1C(C)C(C(C)C)C2(C)CC3(C)CC4C(C)CCC(C)C4C(C)C3C(C)C2(C)C1C. The van der Waals surface area contributed by atoms with Gasteiger partial charge in [0.1, 0.15) is 0 Å². The summed E-state index contributed by atoms with van der Waals surface area (Å²) in [5.41, 5.74) is 1.38. The van der Waals surface area contributed by atoms with Crippen LogP contribution in [0.4, 0.5) is 0 Å². The van der Waals surface area contributed by atoms with Crippen LogP contribution in [-0.4, -0.2) is 0 Å². The molecule has 14 unspecified atom stereocenters. The third-order valence-electron chi connectivity index (χ3n) is 14.0. The highest BCUT2D eigenvalue weighted by atomic mass is 14.8. The van der Waals surface area contributed by atoms with Gasteiger partial charge in [-0.2, -0.15) is 0 Å². The van der Waals surface area contributed by atoms with Gasteiger partial charge in [0.15, 0.2) is 0 Å². The Morgan fingerprint density at radius 1 is 0.697 bits per heavy atom. The number of fused-ring (bicyclic) bond motifs is 3. The molecule has 4 saturated carbocycles. The summed E-state index contributed by atoms with van der Waals surface area (Å²) in [5, 5.41) is 0. The van der Waals surface area contributed by atoms with Crippen LogP contribution in [0, 0.1) is 93.2 Å². The first-order valence-corrected chi connectivity index (χ1v) is 15.1. The molecule has 4 fully saturated rings. The maximum atomic E-state index is 2.80. The second-order valence-electron chi connectivity index (χ2n) is 15.9. The van der Waals surface area contributed by atoms with Crippen LogP contribution in [0.15, 0.2) is 0 Å². The largest absolute Gasteiger partial charge is 0.0625 e. The van der Waals surface area contributed by atoms with Crippen molar-refractivity contribution >= 4 is 0 Å². The average Bonchev–Trinajstić information content (AvgIpc) is 2.67. The molecule has 33 heavy (non-hydrogen) atoms. The molecule has 4 aliphatic rings. The molecule has 4 aliphatic carbocycles. The fraction of sp³-hybridized carbons (Fsp3) is 1.00. The molecule has 0 heteroatoms. The van der Waals surface area contributed by atoms with Gasteiger partial charge in [0, 0.05) is 0 Å². The Hall–Kier alpha value is 0. The third kappa shape index (κ3) is 3.33. The Morgan fingerprint density at radius 3 is 1.82 bits per heavy atom. The van der Waals surface area contributed by atoms with Crippen molar-refractivity contribution < 1.29 is 0 Å². The second-order valence-corrected chi connectivity index (χ2v) is 15.9. The van der Waals surface area contributed by atoms with E-state index in [1.165, 1.54) is 25.7 Å². The Morgan fingerprint density at radius 2 is 1.27 bits per heavy atom. The number of hydrogen-bond acceptors (Lipinski definition) is 0. The van der Waals surface area contributed by atoms with E-state index >= 15 is 0 Å². The molecule has 14 atom stereocenters. The van der Waals surface area contributed by atoms with Gasteiger partial charge in [0.2, 0.25) is 0 Å².